The van der Waals surface area contributed by atoms with E-state index in [0.29, 0.717) is 30.6 Å². The third-order valence-electron chi connectivity index (χ3n) is 4.91. The number of amides is 3. The summed E-state index contributed by atoms with van der Waals surface area (Å²) in [5.74, 6) is -0.271. The lowest BCUT2D eigenvalue weighted by molar-refractivity contribution is -0.128. The molecule has 0 spiro atoms. The third kappa shape index (κ3) is 4.57. The number of nitrogens with one attached hydrogen (secondary N) is 1. The van der Waals surface area contributed by atoms with Crippen LogP contribution in [0.25, 0.3) is 0 Å². The van der Waals surface area contributed by atoms with Crippen molar-refractivity contribution >= 4 is 23.4 Å². The van der Waals surface area contributed by atoms with Crippen LogP contribution in [0.15, 0.2) is 54.6 Å². The fraction of sp³-hybridized carbons (Fsp3) is 0.318. The molecule has 0 radical (unpaired) electrons. The molecule has 0 aromatic heterocycles. The predicted molar refractivity (Wildman–Crippen MR) is 108 cm³/mol. The average Bonchev–Trinajstić information content (AvgIpc) is 3.19. The maximum atomic E-state index is 12.7. The zero-order chi connectivity index (χ0) is 20.1. The number of hydrogen-bond donors (Lipinski definition) is 1. The molecule has 0 aliphatic carbocycles. The lowest BCUT2D eigenvalue weighted by Crippen LogP contribution is -2.43. The number of carbonyl (C=O) groups is 3. The van der Waals surface area contributed by atoms with Crippen LogP contribution in [0.2, 0.25) is 0 Å². The van der Waals surface area contributed by atoms with E-state index in [1.165, 1.54) is 0 Å². The normalized spacial score (nSPS) is 15.9. The van der Waals surface area contributed by atoms with Crippen LogP contribution in [0, 0.1) is 0 Å². The van der Waals surface area contributed by atoms with Crippen LogP contribution in [-0.2, 0) is 16.0 Å². The van der Waals surface area contributed by atoms with Crippen molar-refractivity contribution in [2.45, 2.75) is 25.3 Å². The van der Waals surface area contributed by atoms with E-state index >= 15 is 0 Å². The molecule has 6 nitrogen and oxygen atoms in total. The van der Waals surface area contributed by atoms with E-state index in [4.69, 9.17) is 0 Å². The molecule has 3 rings (SSSR count). The Morgan fingerprint density at radius 3 is 2.36 bits per heavy atom. The minimum Gasteiger partial charge on any atom is -0.349 e. The minimum atomic E-state index is -0.470. The second kappa shape index (κ2) is 8.69. The summed E-state index contributed by atoms with van der Waals surface area (Å²) in [5.41, 5.74) is 2.14. The van der Waals surface area contributed by atoms with Crippen molar-refractivity contribution in [3.05, 3.63) is 65.7 Å². The zero-order valence-corrected chi connectivity index (χ0v) is 16.2. The molecule has 1 saturated heterocycles. The minimum absolute atomic E-state index is 0.0257. The van der Waals surface area contributed by atoms with Gasteiger partial charge in [-0.2, -0.15) is 0 Å². The molecule has 28 heavy (non-hydrogen) atoms. The first-order valence-corrected chi connectivity index (χ1v) is 9.41. The molecule has 1 aliphatic rings. The molecule has 2 aromatic carbocycles. The highest BCUT2D eigenvalue weighted by Crippen LogP contribution is 2.22. The van der Waals surface area contributed by atoms with E-state index in [9.17, 15) is 14.4 Å². The van der Waals surface area contributed by atoms with Crippen LogP contribution in [0.5, 0.6) is 0 Å². The summed E-state index contributed by atoms with van der Waals surface area (Å²) >= 11 is 0. The Bertz CT molecular complexity index is 847. The first kappa shape index (κ1) is 19.6. The van der Waals surface area contributed by atoms with Crippen LogP contribution in [-0.4, -0.2) is 54.2 Å². The summed E-state index contributed by atoms with van der Waals surface area (Å²) in [5, 5.41) is 2.90. The summed E-state index contributed by atoms with van der Waals surface area (Å²) in [6.07, 6.45) is 1.78. The van der Waals surface area contributed by atoms with Gasteiger partial charge in [0.2, 0.25) is 11.8 Å². The highest BCUT2D eigenvalue weighted by Gasteiger charge is 2.34. The van der Waals surface area contributed by atoms with Gasteiger partial charge in [0, 0.05) is 31.9 Å². The van der Waals surface area contributed by atoms with Gasteiger partial charge in [0.1, 0.15) is 6.04 Å². The first-order chi connectivity index (χ1) is 13.5. The van der Waals surface area contributed by atoms with E-state index in [-0.39, 0.29) is 17.7 Å². The van der Waals surface area contributed by atoms with E-state index < -0.39 is 6.04 Å². The molecule has 0 bridgehead atoms. The van der Waals surface area contributed by atoms with E-state index in [1.54, 1.807) is 48.2 Å². The summed E-state index contributed by atoms with van der Waals surface area (Å²) < 4.78 is 0. The fourth-order valence-corrected chi connectivity index (χ4v) is 3.29. The van der Waals surface area contributed by atoms with Crippen LogP contribution >= 0.6 is 0 Å². The van der Waals surface area contributed by atoms with Crippen molar-refractivity contribution in [1.82, 2.24) is 9.80 Å². The summed E-state index contributed by atoms with van der Waals surface area (Å²) in [6, 6.07) is 15.8. The Kier molecular flexibility index (Phi) is 6.09. The molecule has 1 unspecified atom stereocenters. The molecule has 1 heterocycles. The monoisotopic (exact) mass is 379 g/mol. The highest BCUT2D eigenvalue weighted by molar-refractivity contribution is 6.01. The summed E-state index contributed by atoms with van der Waals surface area (Å²) in [6.45, 7) is 0.581. The Balaban J connectivity index is 1.63. The lowest BCUT2D eigenvalue weighted by Gasteiger charge is -2.24. The van der Waals surface area contributed by atoms with Crippen molar-refractivity contribution in [3.63, 3.8) is 0 Å². The average molecular weight is 379 g/mol. The van der Waals surface area contributed by atoms with Crippen LogP contribution < -0.4 is 5.32 Å². The number of likely N-dealkylation sites (tertiary alicyclic amines) is 1. The van der Waals surface area contributed by atoms with Gasteiger partial charge >= 0.3 is 0 Å². The van der Waals surface area contributed by atoms with Gasteiger partial charge in [-0.15, -0.1) is 0 Å². The van der Waals surface area contributed by atoms with Crippen molar-refractivity contribution in [1.29, 1.82) is 0 Å². The molecule has 1 atom stereocenters. The van der Waals surface area contributed by atoms with E-state index in [0.717, 1.165) is 12.0 Å². The van der Waals surface area contributed by atoms with Crippen molar-refractivity contribution in [2.24, 2.45) is 0 Å². The van der Waals surface area contributed by atoms with Crippen molar-refractivity contribution in [3.8, 4) is 0 Å². The molecule has 146 valence electrons. The third-order valence-corrected chi connectivity index (χ3v) is 4.91. The van der Waals surface area contributed by atoms with Gasteiger partial charge in [-0.1, -0.05) is 30.3 Å². The van der Waals surface area contributed by atoms with Gasteiger partial charge in [-0.05, 0) is 42.7 Å². The van der Waals surface area contributed by atoms with Gasteiger partial charge in [-0.3, -0.25) is 14.4 Å². The standard InChI is InChI=1S/C22H25N3O3/c1-24(2)20(26)15-16-10-12-18(13-11-16)23-21(27)19-9-6-14-25(19)22(28)17-7-4-3-5-8-17/h3-5,7-8,10-13,19H,6,9,14-15H2,1-2H3,(H,23,27). The topological polar surface area (TPSA) is 69.7 Å². The maximum absolute atomic E-state index is 12.7. The molecule has 1 aliphatic heterocycles. The van der Waals surface area contributed by atoms with Crippen LogP contribution in [0.3, 0.4) is 0 Å². The highest BCUT2D eigenvalue weighted by atomic mass is 16.2. The number of hydrogen-bond acceptors (Lipinski definition) is 3. The molecule has 1 N–H and O–H groups in total. The van der Waals surface area contributed by atoms with Gasteiger partial charge in [0.05, 0.1) is 6.42 Å². The Morgan fingerprint density at radius 1 is 1.04 bits per heavy atom. The molecule has 2 aromatic rings. The van der Waals surface area contributed by atoms with Crippen molar-refractivity contribution in [2.75, 3.05) is 26.0 Å². The quantitative estimate of drug-likeness (QED) is 0.868. The molecule has 6 heteroatoms. The fourth-order valence-electron chi connectivity index (χ4n) is 3.29. The number of likely N-dealkylation sites (N-methyl/N-ethyl adjacent to an activating group) is 1. The molecular formula is C22H25N3O3. The zero-order valence-electron chi connectivity index (χ0n) is 16.2. The van der Waals surface area contributed by atoms with Gasteiger partial charge < -0.3 is 15.1 Å². The second-order valence-electron chi connectivity index (χ2n) is 7.17. The number of nitrogens with zero attached hydrogens (tertiary/aromatic N) is 2. The molecule has 0 saturated carbocycles. The van der Waals surface area contributed by atoms with Gasteiger partial charge in [-0.25, -0.2) is 0 Å². The van der Waals surface area contributed by atoms with Crippen LogP contribution in [0.1, 0.15) is 28.8 Å². The predicted octanol–water partition coefficient (Wildman–Crippen LogP) is 2.56. The Morgan fingerprint density at radius 2 is 1.71 bits per heavy atom. The van der Waals surface area contributed by atoms with Gasteiger partial charge in [0.15, 0.2) is 0 Å². The second-order valence-corrected chi connectivity index (χ2v) is 7.17. The Labute approximate surface area is 165 Å². The largest absolute Gasteiger partial charge is 0.349 e. The maximum Gasteiger partial charge on any atom is 0.254 e. The van der Waals surface area contributed by atoms with E-state index in [2.05, 4.69) is 5.32 Å². The van der Waals surface area contributed by atoms with E-state index in [1.807, 2.05) is 30.3 Å². The SMILES string of the molecule is CN(C)C(=O)Cc1ccc(NC(=O)C2CCCN2C(=O)c2ccccc2)cc1. The number of anilines is 1. The molecular weight excluding hydrogens is 354 g/mol. The van der Waals surface area contributed by atoms with Crippen molar-refractivity contribution < 1.29 is 14.4 Å². The lowest BCUT2D eigenvalue weighted by atomic mass is 10.1. The summed E-state index contributed by atoms with van der Waals surface area (Å²) in [7, 11) is 3.45. The van der Waals surface area contributed by atoms with Crippen LogP contribution in [0.4, 0.5) is 5.69 Å². The number of benzene rings is 2. The van der Waals surface area contributed by atoms with Gasteiger partial charge in [0.25, 0.3) is 5.91 Å². The number of rotatable bonds is 5. The molecule has 3 amide bonds. The smallest absolute Gasteiger partial charge is 0.254 e. The number of carbonyl (C=O) groups excluding carboxylic acids is 3. The first-order valence-electron chi connectivity index (χ1n) is 9.41. The molecule has 1 fully saturated rings. The Hall–Kier alpha value is -3.15. The summed E-state index contributed by atoms with van der Waals surface area (Å²) in [4.78, 5) is 40.5.